The van der Waals surface area contributed by atoms with E-state index in [1.807, 2.05) is 6.08 Å². The van der Waals surface area contributed by atoms with E-state index in [1.54, 1.807) is 0 Å². The SMILES string of the molecule is N=CC1=CCC(C=O)C1. The van der Waals surface area contributed by atoms with Crippen LogP contribution in [0.15, 0.2) is 11.6 Å². The summed E-state index contributed by atoms with van der Waals surface area (Å²) in [4.78, 5) is 10.2. The molecule has 1 N–H and O–H groups in total. The first-order valence-corrected chi connectivity index (χ1v) is 3.01. The van der Waals surface area contributed by atoms with Crippen LogP contribution in [0.2, 0.25) is 0 Å². The van der Waals surface area contributed by atoms with Crippen LogP contribution in [-0.2, 0) is 4.79 Å². The van der Waals surface area contributed by atoms with Gasteiger partial charge in [-0.1, -0.05) is 6.08 Å². The quantitative estimate of drug-likeness (QED) is 0.434. The third kappa shape index (κ3) is 1.25. The lowest BCUT2D eigenvalue weighted by atomic mass is 10.1. The zero-order valence-electron chi connectivity index (χ0n) is 5.13. The van der Waals surface area contributed by atoms with Gasteiger partial charge in [0.2, 0.25) is 0 Å². The highest BCUT2D eigenvalue weighted by atomic mass is 16.1. The molecule has 48 valence electrons. The van der Waals surface area contributed by atoms with Crippen molar-refractivity contribution in [2.75, 3.05) is 0 Å². The summed E-state index contributed by atoms with van der Waals surface area (Å²) in [5.41, 5.74) is 0.993. The van der Waals surface area contributed by atoms with Crippen molar-refractivity contribution in [3.05, 3.63) is 11.6 Å². The highest BCUT2D eigenvalue weighted by Gasteiger charge is 2.13. The summed E-state index contributed by atoms with van der Waals surface area (Å²) in [5, 5.41) is 6.86. The summed E-state index contributed by atoms with van der Waals surface area (Å²) in [7, 11) is 0. The average Bonchev–Trinajstić information content (AvgIpc) is 2.34. The standard InChI is InChI=1S/C7H9NO/c8-4-6-1-2-7(3-6)5-9/h1,4-5,7-8H,2-3H2. The molecular formula is C7H9NO. The molecule has 0 bridgehead atoms. The summed E-state index contributed by atoms with van der Waals surface area (Å²) in [6.45, 7) is 0. The molecule has 0 radical (unpaired) electrons. The molecule has 2 nitrogen and oxygen atoms in total. The van der Waals surface area contributed by atoms with Crippen LogP contribution in [0.25, 0.3) is 0 Å². The molecule has 0 heterocycles. The first-order chi connectivity index (χ1) is 4.36. The Morgan fingerprint density at radius 3 is 2.89 bits per heavy atom. The molecule has 0 aromatic rings. The van der Waals surface area contributed by atoms with Crippen molar-refractivity contribution in [2.45, 2.75) is 12.8 Å². The van der Waals surface area contributed by atoms with Gasteiger partial charge in [0.05, 0.1) is 0 Å². The van der Waals surface area contributed by atoms with Crippen LogP contribution in [0.5, 0.6) is 0 Å². The topological polar surface area (TPSA) is 40.9 Å². The minimum atomic E-state index is 0.154. The Labute approximate surface area is 54.1 Å². The lowest BCUT2D eigenvalue weighted by molar-refractivity contribution is -0.110. The lowest BCUT2D eigenvalue weighted by Gasteiger charge is -1.94. The molecule has 0 saturated carbocycles. The maximum absolute atomic E-state index is 10.2. The zero-order valence-corrected chi connectivity index (χ0v) is 5.13. The second kappa shape index (κ2) is 2.58. The lowest BCUT2D eigenvalue weighted by Crippen LogP contribution is -1.94. The summed E-state index contributed by atoms with van der Waals surface area (Å²) in [5.74, 6) is 0.154. The first kappa shape index (κ1) is 6.20. The van der Waals surface area contributed by atoms with Crippen LogP contribution in [0.4, 0.5) is 0 Å². The number of nitrogens with one attached hydrogen (secondary N) is 1. The van der Waals surface area contributed by atoms with Crippen LogP contribution in [0.3, 0.4) is 0 Å². The number of carbonyl (C=O) groups excluding carboxylic acids is 1. The van der Waals surface area contributed by atoms with E-state index in [9.17, 15) is 4.79 Å². The van der Waals surface area contributed by atoms with Gasteiger partial charge in [-0.15, -0.1) is 0 Å². The maximum Gasteiger partial charge on any atom is 0.123 e. The molecule has 0 saturated heterocycles. The Morgan fingerprint density at radius 2 is 2.56 bits per heavy atom. The molecule has 1 aliphatic carbocycles. The van der Waals surface area contributed by atoms with E-state index >= 15 is 0 Å². The van der Waals surface area contributed by atoms with Crippen LogP contribution in [-0.4, -0.2) is 12.5 Å². The number of rotatable bonds is 2. The van der Waals surface area contributed by atoms with Crippen molar-refractivity contribution in [1.29, 1.82) is 5.41 Å². The smallest absolute Gasteiger partial charge is 0.123 e. The number of aldehydes is 1. The number of hydrogen-bond donors (Lipinski definition) is 1. The molecule has 1 rings (SSSR count). The highest BCUT2D eigenvalue weighted by molar-refractivity contribution is 5.78. The Balaban J connectivity index is 2.48. The summed E-state index contributed by atoms with van der Waals surface area (Å²) < 4.78 is 0. The summed E-state index contributed by atoms with van der Waals surface area (Å²) in [6, 6.07) is 0. The van der Waals surface area contributed by atoms with Crippen LogP contribution in [0.1, 0.15) is 12.8 Å². The number of allylic oxidation sites excluding steroid dienone is 2. The van der Waals surface area contributed by atoms with Gasteiger partial charge in [0, 0.05) is 12.1 Å². The predicted octanol–water partition coefficient (Wildman–Crippen LogP) is 1.17. The molecule has 2 heteroatoms. The molecule has 9 heavy (non-hydrogen) atoms. The van der Waals surface area contributed by atoms with Gasteiger partial charge in [-0.3, -0.25) is 0 Å². The molecule has 1 atom stereocenters. The third-order valence-electron chi connectivity index (χ3n) is 1.56. The van der Waals surface area contributed by atoms with Gasteiger partial charge in [-0.2, -0.15) is 0 Å². The van der Waals surface area contributed by atoms with Gasteiger partial charge in [0.1, 0.15) is 6.29 Å². The number of hydrogen-bond acceptors (Lipinski definition) is 2. The summed E-state index contributed by atoms with van der Waals surface area (Å²) >= 11 is 0. The van der Waals surface area contributed by atoms with Crippen molar-refractivity contribution >= 4 is 12.5 Å². The average molecular weight is 123 g/mol. The van der Waals surface area contributed by atoms with Crippen molar-refractivity contribution < 1.29 is 4.79 Å². The van der Waals surface area contributed by atoms with Gasteiger partial charge < -0.3 is 10.2 Å². The van der Waals surface area contributed by atoms with Crippen LogP contribution < -0.4 is 0 Å². The van der Waals surface area contributed by atoms with E-state index in [4.69, 9.17) is 5.41 Å². The Hall–Kier alpha value is -0.920. The largest absolute Gasteiger partial charge is 0.308 e. The van der Waals surface area contributed by atoms with Crippen LogP contribution >= 0.6 is 0 Å². The van der Waals surface area contributed by atoms with Crippen molar-refractivity contribution in [3.8, 4) is 0 Å². The molecular weight excluding hydrogens is 114 g/mol. The zero-order chi connectivity index (χ0) is 6.69. The maximum atomic E-state index is 10.2. The van der Waals surface area contributed by atoms with Crippen molar-refractivity contribution in [2.24, 2.45) is 5.92 Å². The van der Waals surface area contributed by atoms with Gasteiger partial charge in [-0.05, 0) is 18.4 Å². The van der Waals surface area contributed by atoms with E-state index in [0.717, 1.165) is 24.7 Å². The van der Waals surface area contributed by atoms with Gasteiger partial charge >= 0.3 is 0 Å². The van der Waals surface area contributed by atoms with E-state index in [0.29, 0.717) is 0 Å². The second-order valence-corrected chi connectivity index (χ2v) is 2.26. The molecule has 0 aromatic carbocycles. The minimum absolute atomic E-state index is 0.154. The van der Waals surface area contributed by atoms with Crippen molar-refractivity contribution in [3.63, 3.8) is 0 Å². The van der Waals surface area contributed by atoms with Gasteiger partial charge in [-0.25, -0.2) is 0 Å². The predicted molar refractivity (Wildman–Crippen MR) is 35.7 cm³/mol. The van der Waals surface area contributed by atoms with E-state index < -0.39 is 0 Å². The van der Waals surface area contributed by atoms with Gasteiger partial charge in [0.25, 0.3) is 0 Å². The summed E-state index contributed by atoms with van der Waals surface area (Å²) in [6.07, 6.45) is 5.84. The Morgan fingerprint density at radius 1 is 1.78 bits per heavy atom. The first-order valence-electron chi connectivity index (χ1n) is 3.01. The molecule has 1 aliphatic rings. The van der Waals surface area contributed by atoms with Gasteiger partial charge in [0.15, 0.2) is 0 Å². The van der Waals surface area contributed by atoms with Crippen molar-refractivity contribution in [1.82, 2.24) is 0 Å². The second-order valence-electron chi connectivity index (χ2n) is 2.26. The van der Waals surface area contributed by atoms with E-state index in [2.05, 4.69) is 0 Å². The normalized spacial score (nSPS) is 25.3. The fourth-order valence-electron chi connectivity index (χ4n) is 0.994. The minimum Gasteiger partial charge on any atom is -0.308 e. The highest BCUT2D eigenvalue weighted by Crippen LogP contribution is 2.20. The Kier molecular flexibility index (Phi) is 1.78. The number of carbonyl (C=O) groups is 1. The molecule has 0 aliphatic heterocycles. The molecule has 0 fully saturated rings. The fraction of sp³-hybridized carbons (Fsp3) is 0.429. The van der Waals surface area contributed by atoms with E-state index in [1.165, 1.54) is 6.21 Å². The Bertz CT molecular complexity index is 160. The molecule has 0 aromatic heterocycles. The molecule has 0 spiro atoms. The molecule has 0 amide bonds. The fourth-order valence-corrected chi connectivity index (χ4v) is 0.994. The third-order valence-corrected chi connectivity index (χ3v) is 1.56. The van der Waals surface area contributed by atoms with Crippen LogP contribution in [0, 0.1) is 11.3 Å². The monoisotopic (exact) mass is 123 g/mol. The molecule has 1 unspecified atom stereocenters. The van der Waals surface area contributed by atoms with E-state index in [-0.39, 0.29) is 5.92 Å².